The van der Waals surface area contributed by atoms with Gasteiger partial charge in [-0.05, 0) is 24.5 Å². The predicted molar refractivity (Wildman–Crippen MR) is 94.3 cm³/mol. The van der Waals surface area contributed by atoms with Crippen LogP contribution in [0.5, 0.6) is 0 Å². The molecule has 3 N–H and O–H groups in total. The molecule has 0 aliphatic carbocycles. The van der Waals surface area contributed by atoms with E-state index in [0.717, 1.165) is 0 Å². The Bertz CT molecular complexity index is 835. The lowest BCUT2D eigenvalue weighted by atomic mass is 10.0. The standard InChI is InChI=1S/C17H20N6O4/c1-9(2)12(14(25)20-11-5-8-19-15(26)13(11)24)21-17-23-22-16(27-17)10-3-6-18-7-4-10/h3-4,6-7,9,11-12H,5,8H2,1-2H3,(H,19,26)(H,20,25)(H,21,23). The molecule has 0 radical (unpaired) electrons. The summed E-state index contributed by atoms with van der Waals surface area (Å²) >= 11 is 0. The molecule has 2 aromatic heterocycles. The van der Waals surface area contributed by atoms with Crippen LogP contribution in [0.25, 0.3) is 11.5 Å². The second-order valence-corrected chi connectivity index (χ2v) is 6.48. The highest BCUT2D eigenvalue weighted by molar-refractivity contribution is 6.39. The fraction of sp³-hybridized carbons (Fsp3) is 0.412. The topological polar surface area (TPSA) is 139 Å². The van der Waals surface area contributed by atoms with Gasteiger partial charge in [-0.3, -0.25) is 19.4 Å². The molecule has 142 valence electrons. The first-order chi connectivity index (χ1) is 13.0. The summed E-state index contributed by atoms with van der Waals surface area (Å²) in [4.78, 5) is 39.9. The summed E-state index contributed by atoms with van der Waals surface area (Å²) in [5.41, 5.74) is 0.704. The quantitative estimate of drug-likeness (QED) is 0.609. The summed E-state index contributed by atoms with van der Waals surface area (Å²) in [5, 5.41) is 15.8. The lowest BCUT2D eigenvalue weighted by Crippen LogP contribution is -2.56. The van der Waals surface area contributed by atoms with Gasteiger partial charge in [0.05, 0.1) is 6.04 Å². The van der Waals surface area contributed by atoms with Crippen LogP contribution in [0, 0.1) is 5.92 Å². The zero-order valence-corrected chi connectivity index (χ0v) is 14.9. The normalized spacial score (nSPS) is 18.1. The first kappa shape index (κ1) is 18.5. The number of hydrogen-bond acceptors (Lipinski definition) is 8. The molecule has 27 heavy (non-hydrogen) atoms. The summed E-state index contributed by atoms with van der Waals surface area (Å²) < 4.78 is 5.56. The number of nitrogens with zero attached hydrogens (tertiary/aromatic N) is 3. The summed E-state index contributed by atoms with van der Waals surface area (Å²) in [6, 6.07) is 1.99. The van der Waals surface area contributed by atoms with Gasteiger partial charge in [0.2, 0.25) is 17.6 Å². The number of piperidine rings is 1. The van der Waals surface area contributed by atoms with E-state index < -0.39 is 29.7 Å². The lowest BCUT2D eigenvalue weighted by Gasteiger charge is -2.26. The minimum absolute atomic E-state index is 0.0865. The highest BCUT2D eigenvalue weighted by Crippen LogP contribution is 2.20. The Labute approximate surface area is 155 Å². The number of amides is 2. The summed E-state index contributed by atoms with van der Waals surface area (Å²) in [5.74, 6) is -1.58. The molecule has 0 aromatic carbocycles. The Morgan fingerprint density at radius 2 is 2.00 bits per heavy atom. The van der Waals surface area contributed by atoms with Crippen LogP contribution in [0.3, 0.4) is 0 Å². The van der Waals surface area contributed by atoms with E-state index in [0.29, 0.717) is 24.4 Å². The van der Waals surface area contributed by atoms with Gasteiger partial charge < -0.3 is 20.4 Å². The zero-order valence-electron chi connectivity index (χ0n) is 14.9. The second-order valence-electron chi connectivity index (χ2n) is 6.48. The Balaban J connectivity index is 1.69. The molecule has 1 aliphatic rings. The van der Waals surface area contributed by atoms with Crippen LogP contribution in [0.15, 0.2) is 28.9 Å². The Morgan fingerprint density at radius 3 is 2.70 bits per heavy atom. The summed E-state index contributed by atoms with van der Waals surface area (Å²) in [6.07, 6.45) is 3.57. The maximum absolute atomic E-state index is 12.6. The van der Waals surface area contributed by atoms with Crippen LogP contribution in [0.2, 0.25) is 0 Å². The zero-order chi connectivity index (χ0) is 19.4. The lowest BCUT2D eigenvalue weighted by molar-refractivity contribution is -0.141. The number of carbonyl (C=O) groups is 3. The number of hydrogen-bond donors (Lipinski definition) is 3. The van der Waals surface area contributed by atoms with Gasteiger partial charge in [0.25, 0.3) is 5.91 Å². The van der Waals surface area contributed by atoms with Crippen molar-refractivity contribution in [2.75, 3.05) is 11.9 Å². The van der Waals surface area contributed by atoms with Crippen molar-refractivity contribution in [2.24, 2.45) is 5.92 Å². The molecule has 2 atom stereocenters. The second kappa shape index (κ2) is 7.94. The van der Waals surface area contributed by atoms with Gasteiger partial charge in [-0.15, -0.1) is 5.10 Å². The smallest absolute Gasteiger partial charge is 0.316 e. The molecule has 3 heterocycles. The van der Waals surface area contributed by atoms with E-state index in [9.17, 15) is 14.4 Å². The van der Waals surface area contributed by atoms with Crippen molar-refractivity contribution in [2.45, 2.75) is 32.4 Å². The minimum atomic E-state index is -0.829. The molecule has 1 fully saturated rings. The summed E-state index contributed by atoms with van der Waals surface area (Å²) in [6.45, 7) is 4.02. The first-order valence-corrected chi connectivity index (χ1v) is 8.58. The predicted octanol–water partition coefficient (Wildman–Crippen LogP) is 0.142. The van der Waals surface area contributed by atoms with Crippen LogP contribution in [0.4, 0.5) is 6.01 Å². The average molecular weight is 372 g/mol. The molecule has 0 saturated carbocycles. The van der Waals surface area contributed by atoms with Gasteiger partial charge in [0, 0.05) is 24.5 Å². The fourth-order valence-corrected chi connectivity index (χ4v) is 2.67. The van der Waals surface area contributed by atoms with Crippen molar-refractivity contribution < 1.29 is 18.8 Å². The van der Waals surface area contributed by atoms with E-state index in [2.05, 4.69) is 31.1 Å². The molecule has 10 heteroatoms. The van der Waals surface area contributed by atoms with Gasteiger partial charge >= 0.3 is 6.01 Å². The Kier molecular flexibility index (Phi) is 5.43. The van der Waals surface area contributed by atoms with Gasteiger partial charge in [0.15, 0.2) is 0 Å². The average Bonchev–Trinajstić information content (AvgIpc) is 3.13. The molecule has 2 unspecified atom stereocenters. The maximum Gasteiger partial charge on any atom is 0.316 e. The molecule has 3 rings (SSSR count). The summed E-state index contributed by atoms with van der Waals surface area (Å²) in [7, 11) is 0. The molecule has 0 spiro atoms. The number of carbonyl (C=O) groups excluding carboxylic acids is 3. The van der Waals surface area contributed by atoms with E-state index in [1.807, 2.05) is 13.8 Å². The van der Waals surface area contributed by atoms with Gasteiger partial charge in [-0.1, -0.05) is 18.9 Å². The van der Waals surface area contributed by atoms with Crippen molar-refractivity contribution in [1.29, 1.82) is 0 Å². The molecular weight excluding hydrogens is 352 g/mol. The van der Waals surface area contributed by atoms with E-state index >= 15 is 0 Å². The number of pyridine rings is 1. The third kappa shape index (κ3) is 4.27. The molecule has 2 amide bonds. The van der Waals surface area contributed by atoms with Crippen molar-refractivity contribution in [1.82, 2.24) is 25.8 Å². The van der Waals surface area contributed by atoms with Crippen molar-refractivity contribution in [3.05, 3.63) is 24.5 Å². The van der Waals surface area contributed by atoms with Gasteiger partial charge in [0.1, 0.15) is 6.04 Å². The highest BCUT2D eigenvalue weighted by Gasteiger charge is 2.33. The Hall–Kier alpha value is -3.30. The molecule has 0 bridgehead atoms. The number of rotatable bonds is 6. The van der Waals surface area contributed by atoms with Gasteiger partial charge in [-0.25, -0.2) is 0 Å². The van der Waals surface area contributed by atoms with Crippen LogP contribution in [-0.2, 0) is 14.4 Å². The third-order valence-corrected chi connectivity index (χ3v) is 4.16. The number of ketones is 1. The monoisotopic (exact) mass is 372 g/mol. The van der Waals surface area contributed by atoms with Crippen LogP contribution >= 0.6 is 0 Å². The van der Waals surface area contributed by atoms with E-state index in [4.69, 9.17) is 4.42 Å². The van der Waals surface area contributed by atoms with E-state index in [1.54, 1.807) is 24.5 Å². The fourth-order valence-electron chi connectivity index (χ4n) is 2.67. The number of aromatic nitrogens is 3. The van der Waals surface area contributed by atoms with Crippen molar-refractivity contribution in [3.63, 3.8) is 0 Å². The van der Waals surface area contributed by atoms with E-state index in [-0.39, 0.29) is 11.9 Å². The highest BCUT2D eigenvalue weighted by atomic mass is 16.4. The number of Topliss-reactive ketones (excluding diaryl/α,β-unsaturated/α-hetero) is 1. The van der Waals surface area contributed by atoms with Crippen molar-refractivity contribution >= 4 is 23.6 Å². The molecular formula is C17H20N6O4. The van der Waals surface area contributed by atoms with Crippen LogP contribution < -0.4 is 16.0 Å². The third-order valence-electron chi connectivity index (χ3n) is 4.16. The number of nitrogens with one attached hydrogen (secondary N) is 3. The molecule has 2 aromatic rings. The van der Waals surface area contributed by atoms with Gasteiger partial charge in [-0.2, -0.15) is 0 Å². The van der Waals surface area contributed by atoms with Crippen LogP contribution in [-0.4, -0.2) is 51.4 Å². The molecule has 10 nitrogen and oxygen atoms in total. The largest absolute Gasteiger partial charge is 0.403 e. The van der Waals surface area contributed by atoms with Crippen LogP contribution in [0.1, 0.15) is 20.3 Å². The Morgan fingerprint density at radius 1 is 1.26 bits per heavy atom. The number of anilines is 1. The minimum Gasteiger partial charge on any atom is -0.403 e. The van der Waals surface area contributed by atoms with Crippen molar-refractivity contribution in [3.8, 4) is 11.5 Å². The first-order valence-electron chi connectivity index (χ1n) is 8.58. The van der Waals surface area contributed by atoms with E-state index in [1.165, 1.54) is 0 Å². The SMILES string of the molecule is CC(C)C(Nc1nnc(-c2ccncc2)o1)C(=O)NC1CCNC(=O)C1=O. The molecule has 1 aliphatic heterocycles. The molecule has 1 saturated heterocycles. The maximum atomic E-state index is 12.6.